The van der Waals surface area contributed by atoms with Crippen molar-refractivity contribution in [3.63, 3.8) is 0 Å². The number of benzene rings is 1. The highest BCUT2D eigenvalue weighted by Crippen LogP contribution is 2.35. The molecule has 3 rings (SSSR count). The zero-order chi connectivity index (χ0) is 18.7. The highest BCUT2D eigenvalue weighted by molar-refractivity contribution is 6.30. The van der Waals surface area contributed by atoms with Crippen LogP contribution in [0, 0.1) is 11.8 Å². The lowest BCUT2D eigenvalue weighted by atomic mass is 9.85. The van der Waals surface area contributed by atoms with Gasteiger partial charge in [0.05, 0.1) is 12.0 Å². The van der Waals surface area contributed by atoms with Crippen LogP contribution in [0.5, 0.6) is 0 Å². The standard InChI is InChI=1S/C20H26ClNO4/c1-26-16-4-2-3-13(9-16)10-19(23)22-11-17(18(12-22)20(24)25)14-5-7-15(21)8-6-14/h5-8,13,16-18H,2-4,9-12H2,1H3,(H,24,25)/t13?,16?,17-,18+/m0/s1. The van der Waals surface area contributed by atoms with Gasteiger partial charge in [-0.2, -0.15) is 0 Å². The van der Waals surface area contributed by atoms with Crippen LogP contribution < -0.4 is 0 Å². The van der Waals surface area contributed by atoms with E-state index < -0.39 is 11.9 Å². The van der Waals surface area contributed by atoms with Gasteiger partial charge in [0, 0.05) is 37.6 Å². The minimum Gasteiger partial charge on any atom is -0.481 e. The molecule has 1 heterocycles. The zero-order valence-electron chi connectivity index (χ0n) is 15.1. The average molecular weight is 380 g/mol. The molecule has 1 aromatic carbocycles. The molecule has 1 saturated heterocycles. The Labute approximate surface area is 159 Å². The molecular weight excluding hydrogens is 354 g/mol. The third-order valence-electron chi connectivity index (χ3n) is 5.82. The first-order valence-electron chi connectivity index (χ1n) is 9.26. The molecule has 6 heteroatoms. The molecule has 1 N–H and O–H groups in total. The summed E-state index contributed by atoms with van der Waals surface area (Å²) in [6.07, 6.45) is 4.83. The van der Waals surface area contributed by atoms with Gasteiger partial charge in [0.25, 0.3) is 0 Å². The van der Waals surface area contributed by atoms with E-state index in [1.54, 1.807) is 24.1 Å². The Bertz CT molecular complexity index is 648. The molecule has 1 aliphatic carbocycles. The van der Waals surface area contributed by atoms with Gasteiger partial charge in [0.2, 0.25) is 5.91 Å². The van der Waals surface area contributed by atoms with Crippen LogP contribution >= 0.6 is 11.6 Å². The lowest BCUT2D eigenvalue weighted by Gasteiger charge is -2.29. The summed E-state index contributed by atoms with van der Waals surface area (Å²) in [6, 6.07) is 7.27. The zero-order valence-corrected chi connectivity index (χ0v) is 15.8. The number of carboxylic acid groups (broad SMARTS) is 1. The minimum atomic E-state index is -0.850. The highest BCUT2D eigenvalue weighted by atomic mass is 35.5. The average Bonchev–Trinajstić information content (AvgIpc) is 3.08. The first-order valence-corrected chi connectivity index (χ1v) is 9.64. The van der Waals surface area contributed by atoms with Crippen LogP contribution in [0.1, 0.15) is 43.6 Å². The number of carbonyl (C=O) groups excluding carboxylic acids is 1. The van der Waals surface area contributed by atoms with Gasteiger partial charge in [-0.05, 0) is 42.9 Å². The largest absolute Gasteiger partial charge is 0.481 e. The Balaban J connectivity index is 1.66. The number of ether oxygens (including phenoxy) is 1. The molecule has 4 atom stereocenters. The van der Waals surface area contributed by atoms with E-state index in [0.717, 1.165) is 31.2 Å². The fourth-order valence-corrected chi connectivity index (χ4v) is 4.45. The lowest BCUT2D eigenvalue weighted by molar-refractivity contribution is -0.141. The molecular formula is C20H26ClNO4. The first-order chi connectivity index (χ1) is 12.5. The smallest absolute Gasteiger partial charge is 0.308 e. The summed E-state index contributed by atoms with van der Waals surface area (Å²) >= 11 is 5.94. The Morgan fingerprint density at radius 3 is 2.62 bits per heavy atom. The van der Waals surface area contributed by atoms with Gasteiger partial charge in [-0.25, -0.2) is 0 Å². The molecule has 0 spiro atoms. The summed E-state index contributed by atoms with van der Waals surface area (Å²) in [7, 11) is 1.73. The van der Waals surface area contributed by atoms with Crippen molar-refractivity contribution in [2.45, 2.75) is 44.1 Å². The summed E-state index contributed by atoms with van der Waals surface area (Å²) in [4.78, 5) is 26.2. The molecule has 0 radical (unpaired) electrons. The van der Waals surface area contributed by atoms with E-state index in [0.29, 0.717) is 23.9 Å². The van der Waals surface area contributed by atoms with Crippen LogP contribution in [-0.2, 0) is 14.3 Å². The van der Waals surface area contributed by atoms with Crippen molar-refractivity contribution < 1.29 is 19.4 Å². The summed E-state index contributed by atoms with van der Waals surface area (Å²) in [6.45, 7) is 0.736. The van der Waals surface area contributed by atoms with Gasteiger partial charge in [0.15, 0.2) is 0 Å². The Hall–Kier alpha value is -1.59. The molecule has 2 aliphatic rings. The summed E-state index contributed by atoms with van der Waals surface area (Å²) in [5.74, 6) is -1.21. The second-order valence-corrected chi connectivity index (χ2v) is 7.93. The van der Waals surface area contributed by atoms with Crippen LogP contribution in [0.2, 0.25) is 5.02 Å². The number of carboxylic acids is 1. The van der Waals surface area contributed by atoms with E-state index in [9.17, 15) is 14.7 Å². The third kappa shape index (κ3) is 4.38. The second kappa shape index (κ2) is 8.40. The van der Waals surface area contributed by atoms with Gasteiger partial charge in [-0.15, -0.1) is 0 Å². The number of likely N-dealkylation sites (tertiary alicyclic amines) is 1. The molecule has 142 valence electrons. The van der Waals surface area contributed by atoms with Crippen LogP contribution in [0.15, 0.2) is 24.3 Å². The molecule has 2 unspecified atom stereocenters. The van der Waals surface area contributed by atoms with Crippen molar-refractivity contribution in [1.82, 2.24) is 4.90 Å². The lowest BCUT2D eigenvalue weighted by Crippen LogP contribution is -2.33. The van der Waals surface area contributed by atoms with Gasteiger partial charge in [-0.3, -0.25) is 9.59 Å². The maximum absolute atomic E-state index is 12.8. The van der Waals surface area contributed by atoms with Crippen LogP contribution in [0.3, 0.4) is 0 Å². The number of hydrogen-bond donors (Lipinski definition) is 1. The second-order valence-electron chi connectivity index (χ2n) is 7.50. The number of methoxy groups -OCH3 is 1. The van der Waals surface area contributed by atoms with Crippen LogP contribution in [-0.4, -0.2) is 48.2 Å². The Kier molecular flexibility index (Phi) is 6.20. The maximum atomic E-state index is 12.8. The highest BCUT2D eigenvalue weighted by Gasteiger charge is 2.40. The summed E-state index contributed by atoms with van der Waals surface area (Å²) in [5.41, 5.74) is 0.925. The molecule has 5 nitrogen and oxygen atoms in total. The number of hydrogen-bond acceptors (Lipinski definition) is 3. The molecule has 0 bridgehead atoms. The van der Waals surface area contributed by atoms with Crippen molar-refractivity contribution >= 4 is 23.5 Å². The number of amides is 1. The molecule has 2 fully saturated rings. The number of rotatable bonds is 5. The quantitative estimate of drug-likeness (QED) is 0.849. The molecule has 1 aromatic rings. The molecule has 1 saturated carbocycles. The molecule has 0 aromatic heterocycles. The maximum Gasteiger partial charge on any atom is 0.308 e. The van der Waals surface area contributed by atoms with Crippen LogP contribution in [0.25, 0.3) is 0 Å². The van der Waals surface area contributed by atoms with Crippen molar-refractivity contribution in [2.24, 2.45) is 11.8 Å². The first kappa shape index (κ1) is 19.2. The van der Waals surface area contributed by atoms with Gasteiger partial charge < -0.3 is 14.7 Å². The van der Waals surface area contributed by atoms with E-state index in [2.05, 4.69) is 0 Å². The number of carbonyl (C=O) groups is 2. The topological polar surface area (TPSA) is 66.8 Å². The van der Waals surface area contributed by atoms with Crippen molar-refractivity contribution in [3.05, 3.63) is 34.9 Å². The molecule has 1 amide bonds. The van der Waals surface area contributed by atoms with E-state index in [1.165, 1.54) is 0 Å². The van der Waals surface area contributed by atoms with Crippen molar-refractivity contribution in [1.29, 1.82) is 0 Å². The monoisotopic (exact) mass is 379 g/mol. The normalized spacial score (nSPS) is 28.9. The van der Waals surface area contributed by atoms with E-state index in [-0.39, 0.29) is 24.5 Å². The predicted molar refractivity (Wildman–Crippen MR) is 99.3 cm³/mol. The summed E-state index contributed by atoms with van der Waals surface area (Å²) < 4.78 is 5.45. The van der Waals surface area contributed by atoms with Gasteiger partial charge in [0.1, 0.15) is 0 Å². The van der Waals surface area contributed by atoms with Crippen molar-refractivity contribution in [3.8, 4) is 0 Å². The Morgan fingerprint density at radius 2 is 1.96 bits per heavy atom. The van der Waals surface area contributed by atoms with Gasteiger partial charge in [-0.1, -0.05) is 30.2 Å². The molecule has 1 aliphatic heterocycles. The van der Waals surface area contributed by atoms with Gasteiger partial charge >= 0.3 is 5.97 Å². The van der Waals surface area contributed by atoms with Crippen LogP contribution in [0.4, 0.5) is 0 Å². The SMILES string of the molecule is COC1CCCC(CC(=O)N2C[C@@H](C(=O)O)[C@H](c3ccc(Cl)cc3)C2)C1. The number of halogens is 1. The van der Waals surface area contributed by atoms with E-state index in [1.807, 2.05) is 12.1 Å². The molecule has 26 heavy (non-hydrogen) atoms. The fraction of sp³-hybridized carbons (Fsp3) is 0.600. The summed E-state index contributed by atoms with van der Waals surface area (Å²) in [5, 5.41) is 10.2. The van der Waals surface area contributed by atoms with Crippen molar-refractivity contribution in [2.75, 3.05) is 20.2 Å². The number of nitrogens with zero attached hydrogens (tertiary/aromatic N) is 1. The fourth-order valence-electron chi connectivity index (χ4n) is 4.32. The number of aliphatic carboxylic acids is 1. The van der Waals surface area contributed by atoms with E-state index >= 15 is 0 Å². The predicted octanol–water partition coefficient (Wildman–Crippen LogP) is 3.56. The minimum absolute atomic E-state index is 0.0643. The Morgan fingerprint density at radius 1 is 1.23 bits per heavy atom. The van der Waals surface area contributed by atoms with E-state index in [4.69, 9.17) is 16.3 Å². The third-order valence-corrected chi connectivity index (χ3v) is 6.07.